The van der Waals surface area contributed by atoms with Crippen LogP contribution in [0.5, 0.6) is 0 Å². The Balaban J connectivity index is 2.18. The zero-order chi connectivity index (χ0) is 20.0. The highest BCUT2D eigenvalue weighted by Crippen LogP contribution is 2.40. The summed E-state index contributed by atoms with van der Waals surface area (Å²) >= 11 is 0. The van der Waals surface area contributed by atoms with Crippen molar-refractivity contribution >= 4 is 23.6 Å². The van der Waals surface area contributed by atoms with Crippen molar-refractivity contribution in [2.45, 2.75) is 70.9 Å². The first-order valence-electron chi connectivity index (χ1n) is 9.84. The molecule has 2 unspecified atom stereocenters. The fraction of sp³-hybridized carbons (Fsp3) is 0.789. The number of ketones is 1. The van der Waals surface area contributed by atoms with Gasteiger partial charge in [-0.3, -0.25) is 14.4 Å². The third-order valence-corrected chi connectivity index (χ3v) is 5.79. The van der Waals surface area contributed by atoms with Crippen LogP contribution in [0.2, 0.25) is 0 Å². The van der Waals surface area contributed by atoms with E-state index in [2.05, 4.69) is 16.0 Å². The van der Waals surface area contributed by atoms with Gasteiger partial charge < -0.3 is 20.9 Å². The third-order valence-electron chi connectivity index (χ3n) is 5.79. The lowest BCUT2D eigenvalue weighted by molar-refractivity contribution is -0.142. The summed E-state index contributed by atoms with van der Waals surface area (Å²) in [5.41, 5.74) is -0.329. The maximum absolute atomic E-state index is 13.4. The molecule has 0 aromatic heterocycles. The van der Waals surface area contributed by atoms with E-state index in [4.69, 9.17) is 0 Å². The normalized spacial score (nSPS) is 22.6. The van der Waals surface area contributed by atoms with Crippen LogP contribution in [0.3, 0.4) is 0 Å². The average Bonchev–Trinajstić information content (AvgIpc) is 3.13. The first-order valence-corrected chi connectivity index (χ1v) is 9.84. The topological polar surface area (TPSA) is 108 Å². The number of rotatable bonds is 6. The first kappa shape index (κ1) is 21.2. The summed E-state index contributed by atoms with van der Waals surface area (Å²) in [4.78, 5) is 50.6. The molecule has 2 aliphatic rings. The van der Waals surface area contributed by atoms with Crippen LogP contribution in [0.4, 0.5) is 4.79 Å². The van der Waals surface area contributed by atoms with Crippen molar-refractivity contribution in [1.82, 2.24) is 20.9 Å². The maximum Gasteiger partial charge on any atom is 0.315 e. The van der Waals surface area contributed by atoms with Crippen LogP contribution in [0.1, 0.15) is 58.8 Å². The molecule has 2 atom stereocenters. The van der Waals surface area contributed by atoms with Gasteiger partial charge in [-0.1, -0.05) is 26.2 Å². The Kier molecular flexibility index (Phi) is 7.21. The van der Waals surface area contributed by atoms with E-state index in [0.29, 0.717) is 13.0 Å². The fourth-order valence-corrected chi connectivity index (χ4v) is 4.18. The second kappa shape index (κ2) is 9.19. The van der Waals surface area contributed by atoms with E-state index >= 15 is 0 Å². The van der Waals surface area contributed by atoms with Gasteiger partial charge in [-0.05, 0) is 38.0 Å². The van der Waals surface area contributed by atoms with Gasteiger partial charge in [0.15, 0.2) is 0 Å². The first-order chi connectivity index (χ1) is 12.8. The number of carbonyl (C=O) groups excluding carboxylic acids is 4. The van der Waals surface area contributed by atoms with Crippen molar-refractivity contribution in [2.75, 3.05) is 20.1 Å². The minimum absolute atomic E-state index is 0.0327. The second-order valence-electron chi connectivity index (χ2n) is 7.98. The molecule has 27 heavy (non-hydrogen) atoms. The molecular weight excluding hydrogens is 348 g/mol. The molecule has 2 fully saturated rings. The summed E-state index contributed by atoms with van der Waals surface area (Å²) < 4.78 is 0. The molecule has 152 valence electrons. The summed E-state index contributed by atoms with van der Waals surface area (Å²) in [6.07, 6.45) is 6.21. The molecule has 8 nitrogen and oxygen atoms in total. The lowest BCUT2D eigenvalue weighted by Crippen LogP contribution is -2.60. The van der Waals surface area contributed by atoms with Gasteiger partial charge in [-0.15, -0.1) is 0 Å². The van der Waals surface area contributed by atoms with E-state index in [1.165, 1.54) is 14.0 Å². The van der Waals surface area contributed by atoms with Crippen molar-refractivity contribution < 1.29 is 19.2 Å². The van der Waals surface area contributed by atoms with E-state index in [9.17, 15) is 19.2 Å². The summed E-state index contributed by atoms with van der Waals surface area (Å²) in [6.45, 7) is 3.91. The second-order valence-corrected chi connectivity index (χ2v) is 7.98. The molecule has 1 saturated heterocycles. The predicted molar refractivity (Wildman–Crippen MR) is 101 cm³/mol. The molecule has 1 saturated carbocycles. The van der Waals surface area contributed by atoms with E-state index in [0.717, 1.165) is 38.5 Å². The van der Waals surface area contributed by atoms with Crippen LogP contribution in [0.15, 0.2) is 0 Å². The van der Waals surface area contributed by atoms with Crippen LogP contribution in [0, 0.1) is 5.41 Å². The standard InChI is InChI=1S/C19H32N4O4/c1-13(24)12-21-16(25)14-8-7-11-23(14)17(26)15(22-18(27)20-3)19(2)9-5-4-6-10-19/h14-15H,4-12H2,1-3H3,(H,21,25)(H2,20,22,27). The molecule has 2 rings (SSSR count). The monoisotopic (exact) mass is 380 g/mol. The van der Waals surface area contributed by atoms with Crippen molar-refractivity contribution in [2.24, 2.45) is 5.41 Å². The van der Waals surface area contributed by atoms with Gasteiger partial charge in [0.05, 0.1) is 6.54 Å². The van der Waals surface area contributed by atoms with Crippen LogP contribution in [-0.2, 0) is 14.4 Å². The number of hydrogen-bond acceptors (Lipinski definition) is 4. The molecule has 0 aromatic carbocycles. The van der Waals surface area contributed by atoms with Gasteiger partial charge in [0.25, 0.3) is 0 Å². The number of hydrogen-bond donors (Lipinski definition) is 3. The highest BCUT2D eigenvalue weighted by atomic mass is 16.2. The summed E-state index contributed by atoms with van der Waals surface area (Å²) in [5, 5.41) is 7.97. The minimum atomic E-state index is -0.668. The number of carbonyl (C=O) groups is 4. The summed E-state index contributed by atoms with van der Waals surface area (Å²) in [7, 11) is 1.52. The zero-order valence-corrected chi connectivity index (χ0v) is 16.6. The Hall–Kier alpha value is -2.12. The summed E-state index contributed by atoms with van der Waals surface area (Å²) in [5.74, 6) is -0.639. The number of Topliss-reactive ketones (excluding diaryl/α,β-unsaturated/α-hetero) is 1. The molecule has 0 aromatic rings. The molecule has 0 bridgehead atoms. The van der Waals surface area contributed by atoms with Crippen molar-refractivity contribution in [3.63, 3.8) is 0 Å². The smallest absolute Gasteiger partial charge is 0.315 e. The Morgan fingerprint density at radius 2 is 1.78 bits per heavy atom. The number of nitrogens with one attached hydrogen (secondary N) is 3. The van der Waals surface area contributed by atoms with E-state index in [-0.39, 0.29) is 29.6 Å². The van der Waals surface area contributed by atoms with E-state index in [1.54, 1.807) is 4.90 Å². The van der Waals surface area contributed by atoms with Crippen LogP contribution < -0.4 is 16.0 Å². The zero-order valence-electron chi connectivity index (χ0n) is 16.6. The minimum Gasteiger partial charge on any atom is -0.347 e. The van der Waals surface area contributed by atoms with Crippen LogP contribution in [0.25, 0.3) is 0 Å². The Labute approximate surface area is 160 Å². The summed E-state index contributed by atoms with van der Waals surface area (Å²) in [6, 6.07) is -1.64. The van der Waals surface area contributed by atoms with Gasteiger partial charge in [-0.25, -0.2) is 4.79 Å². The predicted octanol–water partition coefficient (Wildman–Crippen LogP) is 0.951. The number of urea groups is 1. The molecule has 8 heteroatoms. The largest absolute Gasteiger partial charge is 0.347 e. The van der Waals surface area contributed by atoms with Gasteiger partial charge >= 0.3 is 6.03 Å². The molecule has 4 amide bonds. The number of likely N-dealkylation sites (tertiary alicyclic amines) is 1. The molecule has 3 N–H and O–H groups in total. The van der Waals surface area contributed by atoms with Crippen LogP contribution in [-0.4, -0.2) is 60.7 Å². The molecule has 1 aliphatic heterocycles. The quantitative estimate of drug-likeness (QED) is 0.638. The highest BCUT2D eigenvalue weighted by Gasteiger charge is 2.45. The van der Waals surface area contributed by atoms with Crippen molar-refractivity contribution in [3.05, 3.63) is 0 Å². The highest BCUT2D eigenvalue weighted by molar-refractivity contribution is 5.94. The third kappa shape index (κ3) is 5.20. The van der Waals surface area contributed by atoms with Gasteiger partial charge in [0, 0.05) is 13.6 Å². The molecule has 0 radical (unpaired) electrons. The van der Waals surface area contributed by atoms with E-state index in [1.807, 2.05) is 6.92 Å². The van der Waals surface area contributed by atoms with Crippen molar-refractivity contribution in [1.29, 1.82) is 0 Å². The van der Waals surface area contributed by atoms with Gasteiger partial charge in [0.2, 0.25) is 11.8 Å². The Morgan fingerprint density at radius 1 is 1.11 bits per heavy atom. The molecule has 1 heterocycles. The number of nitrogens with zero attached hydrogens (tertiary/aromatic N) is 1. The maximum atomic E-state index is 13.4. The Morgan fingerprint density at radius 3 is 2.37 bits per heavy atom. The molecular formula is C19H32N4O4. The molecule has 0 spiro atoms. The van der Waals surface area contributed by atoms with Gasteiger partial charge in [-0.2, -0.15) is 0 Å². The lowest BCUT2D eigenvalue weighted by Gasteiger charge is -2.42. The lowest BCUT2D eigenvalue weighted by atomic mass is 9.70. The van der Waals surface area contributed by atoms with E-state index < -0.39 is 18.1 Å². The average molecular weight is 380 g/mol. The SMILES string of the molecule is CNC(=O)NC(C(=O)N1CCCC1C(=O)NCC(C)=O)C1(C)CCCCC1. The van der Waals surface area contributed by atoms with Crippen molar-refractivity contribution in [3.8, 4) is 0 Å². The van der Waals surface area contributed by atoms with Gasteiger partial charge in [0.1, 0.15) is 17.9 Å². The van der Waals surface area contributed by atoms with Crippen LogP contribution >= 0.6 is 0 Å². The Bertz CT molecular complexity index is 586. The number of amides is 4. The fourth-order valence-electron chi connectivity index (χ4n) is 4.18. The molecule has 1 aliphatic carbocycles.